The highest BCUT2D eigenvalue weighted by atomic mass is 28.3. The van der Waals surface area contributed by atoms with E-state index in [-0.39, 0.29) is 0 Å². The SMILES string of the molecule is C=CCCC1CC([Si](CC)(CC)C2C(C)C(C)C(C)C2C)C2CCCCC12. The van der Waals surface area contributed by atoms with Crippen LogP contribution < -0.4 is 0 Å². The van der Waals surface area contributed by atoms with Crippen molar-refractivity contribution in [2.75, 3.05) is 0 Å². The zero-order chi connectivity index (χ0) is 19.8. The third-order valence-electron chi connectivity index (χ3n) is 10.6. The van der Waals surface area contributed by atoms with Crippen molar-refractivity contribution in [3.63, 3.8) is 0 Å². The summed E-state index contributed by atoms with van der Waals surface area (Å²) >= 11 is 0. The van der Waals surface area contributed by atoms with Gasteiger partial charge in [0.1, 0.15) is 0 Å². The van der Waals surface area contributed by atoms with Crippen LogP contribution in [-0.4, -0.2) is 8.07 Å². The first kappa shape index (κ1) is 21.7. The van der Waals surface area contributed by atoms with E-state index in [4.69, 9.17) is 0 Å². The average Bonchev–Trinajstić information content (AvgIpc) is 3.15. The summed E-state index contributed by atoms with van der Waals surface area (Å²) in [6, 6.07) is 3.09. The van der Waals surface area contributed by atoms with Gasteiger partial charge in [0, 0.05) is 0 Å². The Hall–Kier alpha value is -0.0431. The van der Waals surface area contributed by atoms with E-state index in [0.717, 1.165) is 52.5 Å². The Morgan fingerprint density at radius 2 is 1.41 bits per heavy atom. The van der Waals surface area contributed by atoms with Crippen LogP contribution in [0.5, 0.6) is 0 Å². The highest BCUT2D eigenvalue weighted by molar-refractivity contribution is 6.82. The highest BCUT2D eigenvalue weighted by Crippen LogP contribution is 2.65. The molecule has 0 radical (unpaired) electrons. The van der Waals surface area contributed by atoms with Crippen molar-refractivity contribution in [1.82, 2.24) is 0 Å². The Morgan fingerprint density at radius 1 is 0.852 bits per heavy atom. The lowest BCUT2D eigenvalue weighted by molar-refractivity contribution is 0.220. The van der Waals surface area contributed by atoms with Crippen LogP contribution in [0.2, 0.25) is 23.2 Å². The van der Waals surface area contributed by atoms with Gasteiger partial charge in [0.05, 0.1) is 8.07 Å². The monoisotopic (exact) mass is 388 g/mol. The topological polar surface area (TPSA) is 0 Å². The molecule has 3 aliphatic carbocycles. The maximum Gasteiger partial charge on any atom is 0.0601 e. The smallest absolute Gasteiger partial charge is 0.0601 e. The number of rotatable bonds is 7. The summed E-state index contributed by atoms with van der Waals surface area (Å²) in [5, 5.41) is 0. The lowest BCUT2D eigenvalue weighted by atomic mass is 9.77. The van der Waals surface area contributed by atoms with E-state index < -0.39 is 8.07 Å². The molecule has 3 fully saturated rings. The van der Waals surface area contributed by atoms with Crippen LogP contribution in [0.4, 0.5) is 0 Å². The Labute approximate surface area is 172 Å². The molecule has 0 heterocycles. The predicted molar refractivity (Wildman–Crippen MR) is 124 cm³/mol. The van der Waals surface area contributed by atoms with Gasteiger partial charge in [0.25, 0.3) is 0 Å². The molecule has 0 bridgehead atoms. The third-order valence-corrected chi connectivity index (χ3v) is 17.8. The lowest BCUT2D eigenvalue weighted by Crippen LogP contribution is -2.48. The van der Waals surface area contributed by atoms with Crippen LogP contribution in [0.25, 0.3) is 0 Å². The van der Waals surface area contributed by atoms with Crippen LogP contribution >= 0.6 is 0 Å². The number of hydrogen-bond donors (Lipinski definition) is 0. The molecule has 156 valence electrons. The molecule has 3 rings (SSSR count). The van der Waals surface area contributed by atoms with Gasteiger partial charge < -0.3 is 0 Å². The molecule has 0 N–H and O–H groups in total. The van der Waals surface area contributed by atoms with E-state index in [2.05, 4.69) is 54.2 Å². The maximum atomic E-state index is 4.03. The molecule has 0 spiro atoms. The minimum Gasteiger partial charge on any atom is -0.103 e. The minimum absolute atomic E-state index is 0.926. The van der Waals surface area contributed by atoms with E-state index in [1.165, 1.54) is 25.7 Å². The second-order valence-corrected chi connectivity index (χ2v) is 16.3. The van der Waals surface area contributed by atoms with Gasteiger partial charge in [-0.2, -0.15) is 0 Å². The summed E-state index contributed by atoms with van der Waals surface area (Å²) in [6.45, 7) is 19.7. The van der Waals surface area contributed by atoms with Gasteiger partial charge in [0.2, 0.25) is 0 Å². The first-order valence-corrected chi connectivity index (χ1v) is 15.1. The average molecular weight is 389 g/mol. The fourth-order valence-corrected chi connectivity index (χ4v) is 16.6. The Morgan fingerprint density at radius 3 is 1.93 bits per heavy atom. The maximum absolute atomic E-state index is 4.03. The standard InChI is InChI=1S/C26H48Si/c1-8-11-14-22-17-25(24-16-13-12-15-23(22)24)27(9-2,10-3)26-20(6)18(4)19(5)21(26)7/h8,18-26H,1,9-17H2,2-7H3. The Balaban J connectivity index is 1.94. The van der Waals surface area contributed by atoms with Crippen LogP contribution in [0, 0.1) is 41.4 Å². The van der Waals surface area contributed by atoms with Gasteiger partial charge in [-0.3, -0.25) is 0 Å². The van der Waals surface area contributed by atoms with Crippen molar-refractivity contribution in [3.05, 3.63) is 12.7 Å². The van der Waals surface area contributed by atoms with Crippen molar-refractivity contribution in [2.45, 2.75) is 110 Å². The van der Waals surface area contributed by atoms with E-state index in [9.17, 15) is 0 Å². The summed E-state index contributed by atoms with van der Waals surface area (Å²) in [5.41, 5.74) is 2.20. The Bertz CT molecular complexity index is 478. The van der Waals surface area contributed by atoms with Crippen molar-refractivity contribution < 1.29 is 0 Å². The molecule has 0 aromatic rings. The van der Waals surface area contributed by atoms with Crippen LogP contribution in [0.1, 0.15) is 86.5 Å². The summed E-state index contributed by atoms with van der Waals surface area (Å²) < 4.78 is 0. The van der Waals surface area contributed by atoms with Gasteiger partial charge in [-0.25, -0.2) is 0 Å². The van der Waals surface area contributed by atoms with Gasteiger partial charge in [-0.05, 0) is 78.2 Å². The number of hydrogen-bond acceptors (Lipinski definition) is 0. The molecule has 0 amide bonds. The molecule has 0 nitrogen and oxygen atoms in total. The molecule has 3 saturated carbocycles. The van der Waals surface area contributed by atoms with E-state index in [0.29, 0.717) is 0 Å². The summed E-state index contributed by atoms with van der Waals surface area (Å²) in [7, 11) is -1.30. The molecule has 3 aliphatic rings. The number of fused-ring (bicyclic) bond motifs is 1. The lowest BCUT2D eigenvalue weighted by Gasteiger charge is -2.49. The minimum atomic E-state index is -1.30. The molecular weight excluding hydrogens is 340 g/mol. The van der Waals surface area contributed by atoms with Crippen LogP contribution in [0.15, 0.2) is 12.7 Å². The third kappa shape index (κ3) is 3.53. The molecule has 27 heavy (non-hydrogen) atoms. The van der Waals surface area contributed by atoms with Gasteiger partial charge >= 0.3 is 0 Å². The molecule has 0 saturated heterocycles. The van der Waals surface area contributed by atoms with E-state index in [1.807, 2.05) is 0 Å². The predicted octanol–water partition coefficient (Wildman–Crippen LogP) is 8.57. The summed E-state index contributed by atoms with van der Waals surface area (Å²) in [6.07, 6.45) is 12.6. The fraction of sp³-hybridized carbons (Fsp3) is 0.923. The second kappa shape index (κ2) is 8.76. The van der Waals surface area contributed by atoms with Crippen molar-refractivity contribution in [3.8, 4) is 0 Å². The molecule has 8 atom stereocenters. The number of allylic oxidation sites excluding steroid dienone is 1. The zero-order valence-corrected chi connectivity index (χ0v) is 20.3. The molecule has 0 aromatic heterocycles. The van der Waals surface area contributed by atoms with Crippen LogP contribution in [-0.2, 0) is 0 Å². The molecule has 0 aromatic carbocycles. The van der Waals surface area contributed by atoms with Gasteiger partial charge in [0.15, 0.2) is 0 Å². The van der Waals surface area contributed by atoms with Crippen molar-refractivity contribution >= 4 is 8.07 Å². The first-order valence-electron chi connectivity index (χ1n) is 12.5. The van der Waals surface area contributed by atoms with Gasteiger partial charge in [-0.15, -0.1) is 6.58 Å². The van der Waals surface area contributed by atoms with Crippen LogP contribution in [0.3, 0.4) is 0 Å². The summed E-state index contributed by atoms with van der Waals surface area (Å²) in [4.78, 5) is 0. The zero-order valence-electron chi connectivity index (χ0n) is 19.3. The molecule has 0 aliphatic heterocycles. The molecule has 8 unspecified atom stereocenters. The largest absolute Gasteiger partial charge is 0.103 e. The highest BCUT2D eigenvalue weighted by Gasteiger charge is 2.59. The normalized spacial score (nSPS) is 45.0. The first-order chi connectivity index (χ1) is 12.9. The van der Waals surface area contributed by atoms with Crippen molar-refractivity contribution in [1.29, 1.82) is 0 Å². The van der Waals surface area contributed by atoms with E-state index in [1.54, 1.807) is 31.4 Å². The fourth-order valence-electron chi connectivity index (χ4n) is 8.90. The van der Waals surface area contributed by atoms with E-state index >= 15 is 0 Å². The molecular formula is C26H48Si. The van der Waals surface area contributed by atoms with Crippen molar-refractivity contribution in [2.24, 2.45) is 41.4 Å². The quantitative estimate of drug-likeness (QED) is 0.302. The van der Waals surface area contributed by atoms with Gasteiger partial charge in [-0.1, -0.05) is 79.0 Å². The second-order valence-electron chi connectivity index (χ2n) is 11.0. The summed E-state index contributed by atoms with van der Waals surface area (Å²) in [5.74, 6) is 6.93. The molecule has 1 heteroatoms. The Kier molecular flexibility index (Phi) is 7.03.